The summed E-state index contributed by atoms with van der Waals surface area (Å²) in [6.07, 6.45) is 0. The number of aromatic amines is 4. The third-order valence-electron chi connectivity index (χ3n) is 16.4. The van der Waals surface area contributed by atoms with Crippen molar-refractivity contribution >= 4 is 130 Å². The number of halogens is 3. The molecule has 18 rings (SSSR count). The summed E-state index contributed by atoms with van der Waals surface area (Å²) in [6.45, 7) is 0. The van der Waals surface area contributed by atoms with Gasteiger partial charge in [-0.3, -0.25) is 0 Å². The number of imidazole rings is 4. The third-order valence-corrected chi connectivity index (χ3v) is 16.4. The molecular weight excluding hydrogens is 1080 g/mol. The van der Waals surface area contributed by atoms with Gasteiger partial charge in [0.1, 0.15) is 23.3 Å². The van der Waals surface area contributed by atoms with Crippen molar-refractivity contribution in [3.8, 4) is 45.6 Å². The fourth-order valence-corrected chi connectivity index (χ4v) is 12.6. The largest absolute Gasteiger partial charge is 1.00 e. The number of hydrogen-bond donors (Lipinski definition) is 4. The first kappa shape index (κ1) is 51.1. The minimum absolute atomic E-state index is 0. The Morgan fingerprint density at radius 3 is 0.506 bits per heavy atom. The standard InChI is InChI=1S/2C36H22N4.3ClH/c2*1-5-13-27-23(9-1)24-10-2-6-14-28(24)32-31(27)37-35(38-32)21-17-19-22(20-18-21)36-39-33-29-15-7-3-11-25(29)26-12-4-8-16-30(26)34(33)40-36;;;/h2*1-20H,(H,37,38)(H,39,40);3*1H/p-2. The van der Waals surface area contributed by atoms with Crippen LogP contribution in [0.2, 0.25) is 0 Å². The maximum Gasteiger partial charge on any atom is 1.00 e. The minimum atomic E-state index is 0. The highest BCUT2D eigenvalue weighted by atomic mass is 35.5. The van der Waals surface area contributed by atoms with E-state index >= 15 is 0 Å². The van der Waals surface area contributed by atoms with Crippen molar-refractivity contribution in [1.82, 2.24) is 39.9 Å². The van der Waals surface area contributed by atoms with Crippen molar-refractivity contribution in [2.24, 2.45) is 0 Å². The van der Waals surface area contributed by atoms with Crippen LogP contribution in [0.15, 0.2) is 243 Å². The Balaban J connectivity index is 0.000000150. The lowest BCUT2D eigenvalue weighted by Gasteiger charge is -2.05. The summed E-state index contributed by atoms with van der Waals surface area (Å²) in [5, 5.41) is 19.3. The van der Waals surface area contributed by atoms with Crippen LogP contribution in [-0.2, 0) is 0 Å². The normalized spacial score (nSPS) is 11.6. The first-order chi connectivity index (χ1) is 39.7. The molecule has 4 N–H and O–H groups in total. The zero-order valence-electron chi connectivity index (χ0n) is 45.0. The number of rotatable bonds is 4. The Labute approximate surface area is 494 Å². The van der Waals surface area contributed by atoms with E-state index in [1.165, 1.54) is 64.6 Å². The van der Waals surface area contributed by atoms with Gasteiger partial charge in [0, 0.05) is 65.3 Å². The van der Waals surface area contributed by atoms with E-state index in [-0.39, 0.29) is 38.6 Å². The summed E-state index contributed by atoms with van der Waals surface area (Å²) in [4.78, 5) is 34.9. The van der Waals surface area contributed by atoms with Gasteiger partial charge in [0.25, 0.3) is 0 Å². The summed E-state index contributed by atoms with van der Waals surface area (Å²) < 4.78 is 0. The van der Waals surface area contributed by atoms with E-state index in [0.29, 0.717) is 0 Å². The van der Waals surface area contributed by atoms with Crippen molar-refractivity contribution in [2.75, 3.05) is 0 Å². The van der Waals surface area contributed by atoms with Crippen molar-refractivity contribution in [3.63, 3.8) is 0 Å². The maximum absolute atomic E-state index is 5.09. The van der Waals surface area contributed by atoms with E-state index < -0.39 is 0 Å². The molecular formula is C72H45Cl3N8-2. The lowest BCUT2D eigenvalue weighted by Crippen LogP contribution is -3.00. The molecule has 0 aliphatic rings. The molecule has 14 aromatic carbocycles. The van der Waals surface area contributed by atoms with Gasteiger partial charge in [-0.15, -0.1) is 0 Å². The van der Waals surface area contributed by atoms with Gasteiger partial charge in [0.05, 0.1) is 44.1 Å². The lowest BCUT2D eigenvalue weighted by molar-refractivity contribution is -0.00100. The van der Waals surface area contributed by atoms with E-state index in [1.807, 2.05) is 0 Å². The van der Waals surface area contributed by atoms with Crippen molar-refractivity contribution in [1.29, 1.82) is 0 Å². The van der Waals surface area contributed by atoms with E-state index in [9.17, 15) is 0 Å². The van der Waals surface area contributed by atoms with Gasteiger partial charge >= 0.3 is 1.43 Å². The molecule has 18 aromatic rings. The third kappa shape index (κ3) is 7.98. The Morgan fingerprint density at radius 1 is 0.181 bits per heavy atom. The topological polar surface area (TPSA) is 115 Å². The summed E-state index contributed by atoms with van der Waals surface area (Å²) in [5.41, 5.74) is 12.5. The van der Waals surface area contributed by atoms with Crippen molar-refractivity contribution in [2.45, 2.75) is 0 Å². The first-order valence-electron chi connectivity index (χ1n) is 27.1. The second-order valence-corrected chi connectivity index (χ2v) is 20.8. The van der Waals surface area contributed by atoms with Crippen molar-refractivity contribution in [3.05, 3.63) is 243 Å². The molecule has 396 valence electrons. The van der Waals surface area contributed by atoms with Crippen LogP contribution in [0, 0.1) is 0 Å². The molecule has 11 heteroatoms. The molecule has 8 nitrogen and oxygen atoms in total. The van der Waals surface area contributed by atoms with Gasteiger partial charge in [-0.25, -0.2) is 19.9 Å². The van der Waals surface area contributed by atoms with Gasteiger partial charge in [-0.2, -0.15) is 0 Å². The number of hydrogen-bond acceptors (Lipinski definition) is 4. The van der Waals surface area contributed by atoms with Gasteiger partial charge in [0.15, 0.2) is 0 Å². The molecule has 4 aromatic heterocycles. The quantitative estimate of drug-likeness (QED) is 0.132. The van der Waals surface area contributed by atoms with E-state index in [1.54, 1.807) is 0 Å². The van der Waals surface area contributed by atoms with Crippen LogP contribution in [0.1, 0.15) is 1.43 Å². The molecule has 83 heavy (non-hydrogen) atoms. The summed E-state index contributed by atoms with van der Waals surface area (Å²) in [7, 11) is 0. The van der Waals surface area contributed by atoms with E-state index in [2.05, 4.69) is 263 Å². The van der Waals surface area contributed by atoms with Crippen LogP contribution >= 0.6 is 0 Å². The molecule has 0 radical (unpaired) electrons. The highest BCUT2D eigenvalue weighted by Crippen LogP contribution is 2.40. The number of aromatic nitrogens is 8. The first-order valence-corrected chi connectivity index (χ1v) is 27.1. The Kier molecular flexibility index (Phi) is 12.4. The molecule has 4 heterocycles. The zero-order valence-corrected chi connectivity index (χ0v) is 46.3. The number of benzene rings is 14. The Bertz CT molecular complexity index is 4590. The molecule has 0 aliphatic carbocycles. The molecule has 0 amide bonds. The van der Waals surface area contributed by atoms with Crippen LogP contribution < -0.4 is 37.2 Å². The second kappa shape index (κ2) is 20.2. The molecule has 0 saturated carbocycles. The maximum atomic E-state index is 5.09. The number of fused-ring (bicyclic) bond motifs is 24. The highest BCUT2D eigenvalue weighted by molar-refractivity contribution is 6.27. The fraction of sp³-hybridized carbons (Fsp3) is 0. The second-order valence-electron chi connectivity index (χ2n) is 20.8. The monoisotopic (exact) mass is 1130 g/mol. The predicted octanol–water partition coefficient (Wildman–Crippen LogP) is 9.90. The van der Waals surface area contributed by atoms with E-state index in [0.717, 1.165) is 111 Å². The van der Waals surface area contributed by atoms with Crippen LogP contribution in [0.4, 0.5) is 0 Å². The Hall–Kier alpha value is -10.1. The molecule has 0 atom stereocenters. The van der Waals surface area contributed by atoms with Crippen LogP contribution in [-0.4, -0.2) is 39.9 Å². The summed E-state index contributed by atoms with van der Waals surface area (Å²) in [6, 6.07) is 85.2. The minimum Gasteiger partial charge on any atom is -1.00 e. The summed E-state index contributed by atoms with van der Waals surface area (Å²) in [5.74, 6) is 3.46. The molecule has 0 unspecified atom stereocenters. The smallest absolute Gasteiger partial charge is 1.00 e. The zero-order chi connectivity index (χ0) is 52.4. The molecule has 0 aliphatic heterocycles. The van der Waals surface area contributed by atoms with Gasteiger partial charge in [0.2, 0.25) is 0 Å². The van der Waals surface area contributed by atoms with E-state index in [4.69, 9.17) is 19.9 Å². The van der Waals surface area contributed by atoms with Gasteiger partial charge in [-0.05, 0) is 43.1 Å². The van der Waals surface area contributed by atoms with Crippen molar-refractivity contribution < 1.29 is 38.6 Å². The van der Waals surface area contributed by atoms with Crippen LogP contribution in [0.25, 0.3) is 176 Å². The molecule has 0 bridgehead atoms. The van der Waals surface area contributed by atoms with Gasteiger partial charge < -0.3 is 57.2 Å². The molecule has 0 spiro atoms. The summed E-state index contributed by atoms with van der Waals surface area (Å²) >= 11 is 0. The Morgan fingerprint density at radius 2 is 0.325 bits per heavy atom. The fourth-order valence-electron chi connectivity index (χ4n) is 12.6. The van der Waals surface area contributed by atoms with Gasteiger partial charge in [-0.1, -0.05) is 243 Å². The SMILES string of the molecule is [Cl-].[Cl-].[Cl-].[H+].c1ccc2c(c1)c1ccccc1c1[nH]c(-c3ccc(-c4nc5c6ccccc6c6ccccc6c5[nH]4)cc3)nc21.c1ccc2c(c1)c1ccccc1c1[nH]c(-c3ccc(-c4nc5c6ccccc6c6ccccc6c5[nH]4)cc3)nc21. The van der Waals surface area contributed by atoms with Crippen LogP contribution in [0.3, 0.4) is 0 Å². The molecule has 0 saturated heterocycles. The average Bonchev–Trinajstić information content (AvgIpc) is 4.30. The number of H-pyrrole nitrogens is 4. The average molecular weight is 1130 g/mol. The number of nitrogens with zero attached hydrogens (tertiary/aromatic N) is 4. The van der Waals surface area contributed by atoms with Crippen LogP contribution in [0.5, 0.6) is 0 Å². The predicted molar refractivity (Wildman–Crippen MR) is 334 cm³/mol. The molecule has 0 fully saturated rings. The number of nitrogens with one attached hydrogen (secondary N) is 4. The lowest BCUT2D eigenvalue weighted by atomic mass is 10.0. The highest BCUT2D eigenvalue weighted by Gasteiger charge is 2.19.